The zero-order valence-electron chi connectivity index (χ0n) is 11.3. The molecule has 0 saturated carbocycles. The number of hydrogen-bond acceptors (Lipinski definition) is 6. The third-order valence-electron chi connectivity index (χ3n) is 2.21. The van der Waals surface area contributed by atoms with Crippen molar-refractivity contribution in [3.05, 3.63) is 17.5 Å². The summed E-state index contributed by atoms with van der Waals surface area (Å²) in [6, 6.07) is 1.88. The Morgan fingerprint density at radius 1 is 1.26 bits per heavy atom. The quantitative estimate of drug-likeness (QED) is 0.384. The van der Waals surface area contributed by atoms with E-state index in [0.717, 1.165) is 6.42 Å². The SMILES string of the molecule is COCCOCCCOc1nc(C)cc(C(=N)N)n1. The Kier molecular flexibility index (Phi) is 6.76. The van der Waals surface area contributed by atoms with E-state index >= 15 is 0 Å². The maximum absolute atomic E-state index is 7.34. The lowest BCUT2D eigenvalue weighted by Gasteiger charge is -2.07. The number of amidine groups is 1. The predicted octanol–water partition coefficient (Wildman–Crippen LogP) is 0.501. The highest BCUT2D eigenvalue weighted by molar-refractivity contribution is 5.93. The molecule has 0 atom stereocenters. The largest absolute Gasteiger partial charge is 0.463 e. The van der Waals surface area contributed by atoms with E-state index in [1.165, 1.54) is 0 Å². The molecule has 1 heterocycles. The lowest BCUT2D eigenvalue weighted by molar-refractivity contribution is 0.0639. The normalized spacial score (nSPS) is 10.4. The zero-order valence-corrected chi connectivity index (χ0v) is 11.3. The number of nitrogens with two attached hydrogens (primary N) is 1. The second-order valence-corrected chi connectivity index (χ2v) is 3.90. The standard InChI is InChI=1S/C12H20N4O3/c1-9-8-10(11(13)14)16-12(15-9)19-5-3-4-18-7-6-17-2/h8H,3-7H2,1-2H3,(H3,13,14). The van der Waals surface area contributed by atoms with Crippen LogP contribution in [0.4, 0.5) is 0 Å². The van der Waals surface area contributed by atoms with Gasteiger partial charge in [0.1, 0.15) is 11.5 Å². The van der Waals surface area contributed by atoms with Gasteiger partial charge in [0.2, 0.25) is 0 Å². The molecular weight excluding hydrogens is 248 g/mol. The van der Waals surface area contributed by atoms with Gasteiger partial charge in [-0.2, -0.15) is 4.98 Å². The zero-order chi connectivity index (χ0) is 14.1. The Balaban J connectivity index is 2.31. The van der Waals surface area contributed by atoms with Gasteiger partial charge in [0.05, 0.1) is 19.8 Å². The number of nitrogen functional groups attached to an aromatic ring is 1. The minimum absolute atomic E-state index is 0.0988. The molecule has 0 saturated heterocycles. The van der Waals surface area contributed by atoms with Crippen molar-refractivity contribution in [3.8, 4) is 6.01 Å². The molecule has 0 aliphatic rings. The summed E-state index contributed by atoms with van der Waals surface area (Å²) in [5, 5.41) is 7.34. The van der Waals surface area contributed by atoms with Crippen LogP contribution in [-0.4, -0.2) is 49.3 Å². The van der Waals surface area contributed by atoms with Crippen LogP contribution in [0.1, 0.15) is 17.8 Å². The summed E-state index contributed by atoms with van der Waals surface area (Å²) in [6.07, 6.45) is 0.733. The number of rotatable bonds is 9. The maximum Gasteiger partial charge on any atom is 0.317 e. The summed E-state index contributed by atoms with van der Waals surface area (Å²) in [7, 11) is 1.63. The number of methoxy groups -OCH3 is 1. The monoisotopic (exact) mass is 268 g/mol. The van der Waals surface area contributed by atoms with E-state index in [0.29, 0.717) is 37.8 Å². The van der Waals surface area contributed by atoms with E-state index in [1.54, 1.807) is 20.1 Å². The van der Waals surface area contributed by atoms with Crippen molar-refractivity contribution in [2.45, 2.75) is 13.3 Å². The molecule has 1 aromatic heterocycles. The molecule has 7 heteroatoms. The summed E-state index contributed by atoms with van der Waals surface area (Å²) >= 11 is 0. The van der Waals surface area contributed by atoms with Gasteiger partial charge in [-0.25, -0.2) is 4.98 Å². The number of nitrogens with one attached hydrogen (secondary N) is 1. The fraction of sp³-hybridized carbons (Fsp3) is 0.583. The van der Waals surface area contributed by atoms with Crippen molar-refractivity contribution in [1.29, 1.82) is 5.41 Å². The van der Waals surface area contributed by atoms with Gasteiger partial charge in [0.15, 0.2) is 0 Å². The number of ether oxygens (including phenoxy) is 3. The fourth-order valence-corrected chi connectivity index (χ4v) is 1.31. The van der Waals surface area contributed by atoms with Gasteiger partial charge in [0.25, 0.3) is 0 Å². The molecule has 0 radical (unpaired) electrons. The second kappa shape index (κ2) is 8.39. The molecular formula is C12H20N4O3. The lowest BCUT2D eigenvalue weighted by atomic mass is 10.3. The second-order valence-electron chi connectivity index (χ2n) is 3.90. The fourth-order valence-electron chi connectivity index (χ4n) is 1.31. The van der Waals surface area contributed by atoms with Crippen molar-refractivity contribution < 1.29 is 14.2 Å². The molecule has 0 aromatic carbocycles. The van der Waals surface area contributed by atoms with Crippen molar-refractivity contribution in [2.24, 2.45) is 5.73 Å². The molecule has 1 aromatic rings. The highest BCUT2D eigenvalue weighted by Crippen LogP contribution is 2.06. The third kappa shape index (κ3) is 6.12. The number of hydrogen-bond donors (Lipinski definition) is 2. The molecule has 0 aliphatic carbocycles. The van der Waals surface area contributed by atoms with Crippen LogP contribution in [0.2, 0.25) is 0 Å². The summed E-state index contributed by atoms with van der Waals surface area (Å²) < 4.78 is 15.6. The van der Waals surface area contributed by atoms with Gasteiger partial charge in [-0.1, -0.05) is 0 Å². The van der Waals surface area contributed by atoms with Gasteiger partial charge >= 0.3 is 6.01 Å². The summed E-state index contributed by atoms with van der Waals surface area (Å²) in [5.41, 5.74) is 6.47. The van der Waals surface area contributed by atoms with Crippen LogP contribution in [0.5, 0.6) is 6.01 Å². The Hall–Kier alpha value is -1.73. The Labute approximate surface area is 112 Å². The molecule has 0 bridgehead atoms. The van der Waals surface area contributed by atoms with E-state index in [4.69, 9.17) is 25.4 Å². The minimum Gasteiger partial charge on any atom is -0.463 e. The smallest absolute Gasteiger partial charge is 0.317 e. The third-order valence-corrected chi connectivity index (χ3v) is 2.21. The van der Waals surface area contributed by atoms with Gasteiger partial charge in [-0.15, -0.1) is 0 Å². The summed E-state index contributed by atoms with van der Waals surface area (Å²) in [6.45, 7) is 4.01. The van der Waals surface area contributed by atoms with Crippen LogP contribution < -0.4 is 10.5 Å². The van der Waals surface area contributed by atoms with Crippen LogP contribution in [0.15, 0.2) is 6.07 Å². The molecule has 0 fully saturated rings. The average Bonchev–Trinajstić information content (AvgIpc) is 2.37. The Bertz CT molecular complexity index is 412. The van der Waals surface area contributed by atoms with E-state index in [9.17, 15) is 0 Å². The molecule has 7 nitrogen and oxygen atoms in total. The van der Waals surface area contributed by atoms with E-state index in [1.807, 2.05) is 0 Å². The van der Waals surface area contributed by atoms with Crippen molar-refractivity contribution in [2.75, 3.05) is 33.5 Å². The topological polar surface area (TPSA) is 103 Å². The van der Waals surface area contributed by atoms with Crippen molar-refractivity contribution in [1.82, 2.24) is 9.97 Å². The minimum atomic E-state index is -0.0988. The van der Waals surface area contributed by atoms with Crippen LogP contribution in [0, 0.1) is 12.3 Å². The summed E-state index contributed by atoms with van der Waals surface area (Å²) in [5.74, 6) is -0.0988. The highest BCUT2D eigenvalue weighted by Gasteiger charge is 2.05. The van der Waals surface area contributed by atoms with Crippen molar-refractivity contribution >= 4 is 5.84 Å². The molecule has 0 aliphatic heterocycles. The van der Waals surface area contributed by atoms with Crippen molar-refractivity contribution in [3.63, 3.8) is 0 Å². The van der Waals surface area contributed by atoms with Gasteiger partial charge in [-0.05, 0) is 13.0 Å². The Morgan fingerprint density at radius 2 is 2.05 bits per heavy atom. The van der Waals surface area contributed by atoms with E-state index < -0.39 is 0 Å². The van der Waals surface area contributed by atoms with Crippen LogP contribution in [-0.2, 0) is 9.47 Å². The molecule has 1 rings (SSSR count). The summed E-state index contributed by atoms with van der Waals surface area (Å²) in [4.78, 5) is 8.15. The van der Waals surface area contributed by atoms with Gasteiger partial charge < -0.3 is 19.9 Å². The van der Waals surface area contributed by atoms with Gasteiger partial charge in [-0.3, -0.25) is 5.41 Å². The van der Waals surface area contributed by atoms with Crippen LogP contribution in [0.25, 0.3) is 0 Å². The number of aryl methyl sites for hydroxylation is 1. The Morgan fingerprint density at radius 3 is 2.74 bits per heavy atom. The van der Waals surface area contributed by atoms with E-state index in [2.05, 4.69) is 9.97 Å². The number of nitrogens with zero attached hydrogens (tertiary/aromatic N) is 2. The molecule has 0 spiro atoms. The first-order valence-electron chi connectivity index (χ1n) is 6.03. The van der Waals surface area contributed by atoms with Crippen LogP contribution in [0.3, 0.4) is 0 Å². The predicted molar refractivity (Wildman–Crippen MR) is 70.6 cm³/mol. The molecule has 0 amide bonds. The molecule has 3 N–H and O–H groups in total. The first-order valence-corrected chi connectivity index (χ1v) is 6.03. The molecule has 106 valence electrons. The maximum atomic E-state index is 7.34. The first-order chi connectivity index (χ1) is 9.13. The average molecular weight is 268 g/mol. The van der Waals surface area contributed by atoms with Gasteiger partial charge in [0, 0.05) is 25.8 Å². The van der Waals surface area contributed by atoms with E-state index in [-0.39, 0.29) is 11.8 Å². The molecule has 0 unspecified atom stereocenters. The van der Waals surface area contributed by atoms with Crippen LogP contribution >= 0.6 is 0 Å². The first kappa shape index (κ1) is 15.3. The number of aromatic nitrogens is 2. The molecule has 19 heavy (non-hydrogen) atoms. The highest BCUT2D eigenvalue weighted by atomic mass is 16.5. The lowest BCUT2D eigenvalue weighted by Crippen LogP contribution is -2.15.